The van der Waals surface area contributed by atoms with Crippen molar-refractivity contribution in [1.29, 1.82) is 0 Å². The lowest BCUT2D eigenvalue weighted by molar-refractivity contribution is 0.100. The van der Waals surface area contributed by atoms with Crippen LogP contribution in [0.3, 0.4) is 0 Å². The van der Waals surface area contributed by atoms with Gasteiger partial charge >= 0.3 is 7.12 Å². The number of carbonyl (C=O) groups is 1. The fourth-order valence-electron chi connectivity index (χ4n) is 4.23. The molecular formula is C25H22BN5O3. The van der Waals surface area contributed by atoms with E-state index in [2.05, 4.69) is 5.32 Å². The molecule has 3 aromatic carbocycles. The lowest BCUT2D eigenvalue weighted by Gasteiger charge is -2.15. The molecule has 2 heterocycles. The van der Waals surface area contributed by atoms with Crippen molar-refractivity contribution >= 4 is 46.1 Å². The average Bonchev–Trinajstić information content (AvgIpc) is 3.18. The number of carbonyl (C=O) groups excluding carboxylic acids is 1. The summed E-state index contributed by atoms with van der Waals surface area (Å²) < 4.78 is 1.83. The highest BCUT2D eigenvalue weighted by Gasteiger charge is 2.21. The van der Waals surface area contributed by atoms with Crippen LogP contribution in [0.2, 0.25) is 0 Å². The molecule has 34 heavy (non-hydrogen) atoms. The Morgan fingerprint density at radius 3 is 2.50 bits per heavy atom. The summed E-state index contributed by atoms with van der Waals surface area (Å²) in [6, 6.07) is 22.3. The molecule has 0 fully saturated rings. The van der Waals surface area contributed by atoms with Gasteiger partial charge in [-0.05, 0) is 36.8 Å². The predicted molar refractivity (Wildman–Crippen MR) is 133 cm³/mol. The molecular weight excluding hydrogens is 429 g/mol. The summed E-state index contributed by atoms with van der Waals surface area (Å²) in [7, 11) is -1.70. The Morgan fingerprint density at radius 1 is 1.00 bits per heavy atom. The van der Waals surface area contributed by atoms with Crippen LogP contribution in [0.4, 0.5) is 5.82 Å². The Bertz CT molecular complexity index is 1530. The molecule has 5 N–H and O–H groups in total. The minimum atomic E-state index is -1.70. The third kappa shape index (κ3) is 3.77. The van der Waals surface area contributed by atoms with E-state index >= 15 is 0 Å². The number of hydrogen-bond donors (Lipinski definition) is 4. The first kappa shape index (κ1) is 21.6. The number of primary amides is 1. The topological polar surface area (TPSA) is 126 Å². The Kier molecular flexibility index (Phi) is 5.49. The lowest BCUT2D eigenvalue weighted by atomic mass is 9.79. The molecule has 0 saturated heterocycles. The zero-order valence-corrected chi connectivity index (χ0v) is 18.4. The fraction of sp³-hybridized carbons (Fsp3) is 0.0800. The van der Waals surface area contributed by atoms with Gasteiger partial charge in [0.2, 0.25) is 11.9 Å². The van der Waals surface area contributed by atoms with Crippen LogP contribution in [0.15, 0.2) is 72.8 Å². The summed E-state index contributed by atoms with van der Waals surface area (Å²) >= 11 is 0. The van der Waals surface area contributed by atoms with Crippen LogP contribution in [-0.2, 0) is 6.54 Å². The molecule has 0 aliphatic heterocycles. The summed E-state index contributed by atoms with van der Waals surface area (Å²) in [5.41, 5.74) is 9.29. The van der Waals surface area contributed by atoms with Crippen LogP contribution in [0.25, 0.3) is 27.8 Å². The molecule has 9 heteroatoms. The van der Waals surface area contributed by atoms with Gasteiger partial charge in [0.15, 0.2) is 0 Å². The number of anilines is 1. The van der Waals surface area contributed by atoms with Crippen molar-refractivity contribution in [2.24, 2.45) is 5.73 Å². The third-order valence-electron chi connectivity index (χ3n) is 5.82. The van der Waals surface area contributed by atoms with E-state index in [1.54, 1.807) is 24.3 Å². The number of aryl methyl sites for hydroxylation is 1. The van der Waals surface area contributed by atoms with Crippen molar-refractivity contribution in [3.8, 4) is 5.95 Å². The number of hydrogen-bond acceptors (Lipinski definition) is 6. The Hall–Kier alpha value is -4.21. The molecule has 0 spiro atoms. The van der Waals surface area contributed by atoms with E-state index in [1.165, 1.54) is 0 Å². The van der Waals surface area contributed by atoms with E-state index in [0.29, 0.717) is 40.2 Å². The quantitative estimate of drug-likeness (QED) is 0.294. The summed E-state index contributed by atoms with van der Waals surface area (Å²) in [5.74, 6) is 0.377. The molecule has 0 saturated carbocycles. The van der Waals surface area contributed by atoms with Crippen LogP contribution < -0.4 is 16.5 Å². The molecule has 8 nitrogen and oxygen atoms in total. The van der Waals surface area contributed by atoms with Crippen LogP contribution in [0.1, 0.15) is 21.6 Å². The van der Waals surface area contributed by atoms with E-state index < -0.39 is 13.0 Å². The van der Waals surface area contributed by atoms with Gasteiger partial charge in [-0.2, -0.15) is 4.98 Å². The maximum absolute atomic E-state index is 12.0. The minimum absolute atomic E-state index is 0.274. The van der Waals surface area contributed by atoms with Gasteiger partial charge in [0.25, 0.3) is 0 Å². The molecule has 2 aromatic heterocycles. The maximum atomic E-state index is 12.0. The van der Waals surface area contributed by atoms with Gasteiger partial charge in [-0.15, -0.1) is 0 Å². The first-order valence-electron chi connectivity index (χ1n) is 10.8. The number of benzene rings is 3. The molecule has 0 aliphatic carbocycles. The van der Waals surface area contributed by atoms with Gasteiger partial charge < -0.3 is 21.1 Å². The molecule has 0 atom stereocenters. The highest BCUT2D eigenvalue weighted by atomic mass is 16.4. The summed E-state index contributed by atoms with van der Waals surface area (Å²) in [5, 5.41) is 24.7. The summed E-state index contributed by atoms with van der Waals surface area (Å²) in [6.45, 7) is 2.41. The van der Waals surface area contributed by atoms with Gasteiger partial charge in [0, 0.05) is 34.0 Å². The Labute approximate surface area is 195 Å². The molecule has 0 aliphatic rings. The second kappa shape index (κ2) is 8.62. The lowest BCUT2D eigenvalue weighted by Crippen LogP contribution is -2.31. The number of para-hydroxylation sites is 1. The molecule has 0 unspecified atom stereocenters. The SMILES string of the molecule is Cc1cc2c(C(N)=O)cccc2n1-c1nc(NCc2ccccc2)c2cccc(B(O)O)c2n1. The van der Waals surface area contributed by atoms with Gasteiger partial charge in [0.1, 0.15) is 5.82 Å². The number of nitrogens with zero attached hydrogens (tertiary/aromatic N) is 3. The molecule has 5 aromatic rings. The summed E-state index contributed by atoms with van der Waals surface area (Å²) in [6.07, 6.45) is 0. The Balaban J connectivity index is 1.73. The average molecular weight is 451 g/mol. The van der Waals surface area contributed by atoms with E-state index in [9.17, 15) is 14.8 Å². The largest absolute Gasteiger partial charge is 0.490 e. The normalized spacial score (nSPS) is 11.1. The smallest absolute Gasteiger partial charge is 0.423 e. The van der Waals surface area contributed by atoms with Crippen LogP contribution in [0, 0.1) is 6.92 Å². The van der Waals surface area contributed by atoms with Gasteiger partial charge in [-0.3, -0.25) is 9.36 Å². The van der Waals surface area contributed by atoms with E-state index in [-0.39, 0.29) is 5.46 Å². The van der Waals surface area contributed by atoms with E-state index in [0.717, 1.165) is 16.8 Å². The van der Waals surface area contributed by atoms with Crippen molar-refractivity contribution in [3.63, 3.8) is 0 Å². The molecule has 0 radical (unpaired) electrons. The first-order valence-corrected chi connectivity index (χ1v) is 10.8. The highest BCUT2D eigenvalue weighted by molar-refractivity contribution is 6.61. The number of fused-ring (bicyclic) bond motifs is 2. The van der Waals surface area contributed by atoms with Crippen LogP contribution >= 0.6 is 0 Å². The number of amides is 1. The number of rotatable bonds is 6. The van der Waals surface area contributed by atoms with Crippen LogP contribution in [0.5, 0.6) is 0 Å². The molecule has 168 valence electrons. The standard InChI is InChI=1S/C25H22BN5O3/c1-15-13-19-17(23(27)32)9-6-12-21(19)31(15)25-29-22-18(10-5-11-20(22)26(33)34)24(30-25)28-14-16-7-3-2-4-8-16/h2-13,33-34H,14H2,1H3,(H2,27,32)(H,28,29,30). The maximum Gasteiger partial charge on any atom is 0.490 e. The fourth-order valence-corrected chi connectivity index (χ4v) is 4.23. The van der Waals surface area contributed by atoms with Crippen molar-refractivity contribution in [2.75, 3.05) is 5.32 Å². The minimum Gasteiger partial charge on any atom is -0.423 e. The number of nitrogens with two attached hydrogens (primary N) is 1. The van der Waals surface area contributed by atoms with Gasteiger partial charge in [-0.25, -0.2) is 4.98 Å². The zero-order chi connectivity index (χ0) is 23.8. The first-order chi connectivity index (χ1) is 16.4. The highest BCUT2D eigenvalue weighted by Crippen LogP contribution is 2.28. The molecule has 0 bridgehead atoms. The van der Waals surface area contributed by atoms with E-state index in [4.69, 9.17) is 15.7 Å². The third-order valence-corrected chi connectivity index (χ3v) is 5.82. The van der Waals surface area contributed by atoms with Gasteiger partial charge in [0.05, 0.1) is 11.0 Å². The van der Waals surface area contributed by atoms with Crippen LogP contribution in [-0.4, -0.2) is 37.6 Å². The second-order valence-electron chi connectivity index (χ2n) is 8.05. The van der Waals surface area contributed by atoms with Crippen molar-refractivity contribution in [1.82, 2.24) is 14.5 Å². The monoisotopic (exact) mass is 451 g/mol. The second-order valence-corrected chi connectivity index (χ2v) is 8.05. The van der Waals surface area contributed by atoms with Gasteiger partial charge in [-0.1, -0.05) is 48.5 Å². The number of aromatic nitrogens is 3. The molecule has 1 amide bonds. The van der Waals surface area contributed by atoms with E-state index in [1.807, 2.05) is 60.0 Å². The molecule has 5 rings (SSSR count). The van der Waals surface area contributed by atoms with Crippen molar-refractivity contribution in [2.45, 2.75) is 13.5 Å². The number of nitrogens with one attached hydrogen (secondary N) is 1. The van der Waals surface area contributed by atoms with Crippen molar-refractivity contribution in [3.05, 3.63) is 89.6 Å². The predicted octanol–water partition coefficient (Wildman–Crippen LogP) is 2.27. The van der Waals surface area contributed by atoms with Crippen molar-refractivity contribution < 1.29 is 14.8 Å². The summed E-state index contributed by atoms with van der Waals surface area (Å²) in [4.78, 5) is 21.5. The Morgan fingerprint density at radius 2 is 1.76 bits per heavy atom. The zero-order valence-electron chi connectivity index (χ0n) is 18.4.